The molecule has 2 heterocycles. The first-order valence-corrected chi connectivity index (χ1v) is 8.77. The number of imidazole rings is 1. The Morgan fingerprint density at radius 2 is 1.88 bits per heavy atom. The number of halogens is 1. The maximum Gasteiger partial charge on any atom is 0.123 e. The van der Waals surface area contributed by atoms with Crippen LogP contribution in [0.2, 0.25) is 0 Å². The highest BCUT2D eigenvalue weighted by Gasteiger charge is 2.24. The zero-order chi connectivity index (χ0) is 17.9. The zero-order valence-electron chi connectivity index (χ0n) is 14.7. The maximum absolute atomic E-state index is 13.1. The third kappa shape index (κ3) is 3.48. The Balaban J connectivity index is 1.38. The van der Waals surface area contributed by atoms with Gasteiger partial charge in [0.25, 0.3) is 0 Å². The van der Waals surface area contributed by atoms with Crippen LogP contribution in [0.25, 0.3) is 11.3 Å². The summed E-state index contributed by atoms with van der Waals surface area (Å²) in [6.07, 6.45) is 4.03. The number of hydrogen-bond acceptors (Lipinski definition) is 3. The molecule has 3 aromatic rings. The van der Waals surface area contributed by atoms with Gasteiger partial charge in [0.2, 0.25) is 0 Å². The smallest absolute Gasteiger partial charge is 0.123 e. The van der Waals surface area contributed by atoms with Gasteiger partial charge in [-0.3, -0.25) is 0 Å². The largest absolute Gasteiger partial charge is 0.497 e. The fraction of sp³-hybridized carbons (Fsp3) is 0.286. The summed E-state index contributed by atoms with van der Waals surface area (Å²) < 4.78 is 26.4. The van der Waals surface area contributed by atoms with E-state index in [4.69, 9.17) is 14.5 Å². The molecule has 1 aromatic heterocycles. The van der Waals surface area contributed by atoms with Crippen LogP contribution in [0.15, 0.2) is 54.7 Å². The van der Waals surface area contributed by atoms with Crippen molar-refractivity contribution < 1.29 is 13.9 Å². The number of benzene rings is 2. The average molecular weight is 352 g/mol. The predicted octanol–water partition coefficient (Wildman–Crippen LogP) is 4.40. The van der Waals surface area contributed by atoms with Gasteiger partial charge >= 0.3 is 0 Å². The number of aromatic nitrogens is 2. The fourth-order valence-corrected chi connectivity index (χ4v) is 3.33. The fourth-order valence-electron chi connectivity index (χ4n) is 3.33. The molecule has 0 N–H and O–H groups in total. The molecule has 5 heteroatoms. The van der Waals surface area contributed by atoms with Gasteiger partial charge in [0.15, 0.2) is 0 Å². The molecule has 26 heavy (non-hydrogen) atoms. The minimum absolute atomic E-state index is 0.231. The van der Waals surface area contributed by atoms with Gasteiger partial charge in [-0.2, -0.15) is 0 Å². The zero-order valence-corrected chi connectivity index (χ0v) is 14.7. The standard InChI is InChI=1S/C21H21FN2O2/c1-25-19-9-2-15(3-10-19)13-26-14-18-8-11-21-23-20(12-24(18)21)16-4-6-17(22)7-5-16/h2-7,9-10,12,18H,8,11,13-14H2,1H3. The van der Waals surface area contributed by atoms with E-state index in [1.165, 1.54) is 12.1 Å². The first kappa shape index (κ1) is 16.8. The van der Waals surface area contributed by atoms with Crippen molar-refractivity contribution >= 4 is 0 Å². The molecule has 1 aliphatic heterocycles. The van der Waals surface area contributed by atoms with Crippen LogP contribution in [-0.4, -0.2) is 23.3 Å². The quantitative estimate of drug-likeness (QED) is 0.660. The Morgan fingerprint density at radius 3 is 2.62 bits per heavy atom. The van der Waals surface area contributed by atoms with Crippen LogP contribution < -0.4 is 4.74 Å². The van der Waals surface area contributed by atoms with E-state index in [1.807, 2.05) is 24.3 Å². The van der Waals surface area contributed by atoms with Gasteiger partial charge in [-0.1, -0.05) is 12.1 Å². The minimum atomic E-state index is -0.231. The number of fused-ring (bicyclic) bond motifs is 1. The van der Waals surface area contributed by atoms with Gasteiger partial charge in [0.05, 0.1) is 32.1 Å². The molecule has 1 atom stereocenters. The number of aryl methyl sites for hydroxylation is 1. The van der Waals surface area contributed by atoms with Crippen LogP contribution in [0.5, 0.6) is 5.75 Å². The lowest BCUT2D eigenvalue weighted by Gasteiger charge is -2.13. The van der Waals surface area contributed by atoms with Crippen LogP contribution in [0, 0.1) is 5.82 Å². The second-order valence-electron chi connectivity index (χ2n) is 6.51. The first-order chi connectivity index (χ1) is 12.7. The molecule has 0 aliphatic carbocycles. The number of rotatable bonds is 6. The number of nitrogens with zero attached hydrogens (tertiary/aromatic N) is 2. The molecule has 0 spiro atoms. The third-order valence-corrected chi connectivity index (χ3v) is 4.78. The maximum atomic E-state index is 13.1. The molecular formula is C21H21FN2O2. The summed E-state index contributed by atoms with van der Waals surface area (Å²) in [4.78, 5) is 4.70. The highest BCUT2D eigenvalue weighted by Crippen LogP contribution is 2.30. The summed E-state index contributed by atoms with van der Waals surface area (Å²) in [6, 6.07) is 14.7. The summed E-state index contributed by atoms with van der Waals surface area (Å²) >= 11 is 0. The Hall–Kier alpha value is -2.66. The normalized spacial score (nSPS) is 15.8. The average Bonchev–Trinajstić information content (AvgIpc) is 3.25. The van der Waals surface area contributed by atoms with Crippen LogP contribution >= 0.6 is 0 Å². The molecule has 134 valence electrons. The van der Waals surface area contributed by atoms with Crippen LogP contribution in [0.3, 0.4) is 0 Å². The highest BCUT2D eigenvalue weighted by molar-refractivity contribution is 5.58. The minimum Gasteiger partial charge on any atom is -0.497 e. The Labute approximate surface area is 152 Å². The molecule has 0 amide bonds. The molecule has 2 aromatic carbocycles. The van der Waals surface area contributed by atoms with Crippen molar-refractivity contribution in [3.05, 3.63) is 71.9 Å². The molecule has 0 saturated carbocycles. The van der Waals surface area contributed by atoms with Gasteiger partial charge in [-0.25, -0.2) is 9.37 Å². The van der Waals surface area contributed by atoms with E-state index >= 15 is 0 Å². The van der Waals surface area contributed by atoms with Gasteiger partial charge in [-0.15, -0.1) is 0 Å². The lowest BCUT2D eigenvalue weighted by molar-refractivity contribution is 0.0921. The van der Waals surface area contributed by atoms with Gasteiger partial charge in [-0.05, 0) is 48.4 Å². The number of ether oxygens (including phenoxy) is 2. The third-order valence-electron chi connectivity index (χ3n) is 4.78. The van der Waals surface area contributed by atoms with E-state index in [-0.39, 0.29) is 5.82 Å². The van der Waals surface area contributed by atoms with Gasteiger partial charge in [0.1, 0.15) is 17.4 Å². The number of methoxy groups -OCH3 is 1. The molecule has 0 radical (unpaired) electrons. The van der Waals surface area contributed by atoms with E-state index in [0.29, 0.717) is 19.3 Å². The molecule has 4 nitrogen and oxygen atoms in total. The summed E-state index contributed by atoms with van der Waals surface area (Å²) in [5.74, 6) is 1.69. The van der Waals surface area contributed by atoms with E-state index in [0.717, 1.165) is 41.2 Å². The number of hydrogen-bond donors (Lipinski definition) is 0. The Bertz CT molecular complexity index is 872. The Morgan fingerprint density at radius 1 is 1.12 bits per heavy atom. The van der Waals surface area contributed by atoms with Crippen molar-refractivity contribution in [2.24, 2.45) is 0 Å². The Kier molecular flexibility index (Phi) is 4.71. The molecule has 0 bridgehead atoms. The van der Waals surface area contributed by atoms with Crippen LogP contribution in [-0.2, 0) is 17.8 Å². The van der Waals surface area contributed by atoms with E-state index < -0.39 is 0 Å². The topological polar surface area (TPSA) is 36.3 Å². The molecular weight excluding hydrogens is 331 g/mol. The van der Waals surface area contributed by atoms with Crippen molar-refractivity contribution in [2.45, 2.75) is 25.5 Å². The van der Waals surface area contributed by atoms with Crippen molar-refractivity contribution in [3.8, 4) is 17.0 Å². The lowest BCUT2D eigenvalue weighted by Crippen LogP contribution is -2.10. The molecule has 1 unspecified atom stereocenters. The summed E-state index contributed by atoms with van der Waals surface area (Å²) in [5.41, 5.74) is 2.95. The second kappa shape index (κ2) is 7.30. The SMILES string of the molecule is COc1ccc(COCC2CCc3nc(-c4ccc(F)cc4)cn32)cc1. The first-order valence-electron chi connectivity index (χ1n) is 8.77. The van der Waals surface area contributed by atoms with Crippen molar-refractivity contribution in [1.82, 2.24) is 9.55 Å². The second-order valence-corrected chi connectivity index (χ2v) is 6.51. The van der Waals surface area contributed by atoms with E-state index in [1.54, 1.807) is 19.2 Å². The molecule has 4 rings (SSSR count). The van der Waals surface area contributed by atoms with Gasteiger partial charge in [0, 0.05) is 18.2 Å². The van der Waals surface area contributed by atoms with E-state index in [2.05, 4.69) is 10.8 Å². The van der Waals surface area contributed by atoms with Crippen LogP contribution in [0.4, 0.5) is 4.39 Å². The van der Waals surface area contributed by atoms with Crippen LogP contribution in [0.1, 0.15) is 23.9 Å². The van der Waals surface area contributed by atoms with Gasteiger partial charge < -0.3 is 14.0 Å². The monoisotopic (exact) mass is 352 g/mol. The van der Waals surface area contributed by atoms with Crippen molar-refractivity contribution in [2.75, 3.05) is 13.7 Å². The van der Waals surface area contributed by atoms with E-state index in [9.17, 15) is 4.39 Å². The summed E-state index contributed by atoms with van der Waals surface area (Å²) in [5, 5.41) is 0. The molecule has 1 aliphatic rings. The van der Waals surface area contributed by atoms with Crippen molar-refractivity contribution in [3.63, 3.8) is 0 Å². The lowest BCUT2D eigenvalue weighted by atomic mass is 10.1. The highest BCUT2D eigenvalue weighted by atomic mass is 19.1. The molecule has 0 fully saturated rings. The summed E-state index contributed by atoms with van der Waals surface area (Å²) in [6.45, 7) is 1.23. The van der Waals surface area contributed by atoms with Crippen molar-refractivity contribution in [1.29, 1.82) is 0 Å². The summed E-state index contributed by atoms with van der Waals surface area (Å²) in [7, 11) is 1.66. The predicted molar refractivity (Wildman–Crippen MR) is 97.6 cm³/mol. The molecule has 0 saturated heterocycles.